The largest absolute Gasteiger partial charge is 0.394 e. The third kappa shape index (κ3) is 5.68. The minimum absolute atomic E-state index is 0.110. The molecule has 0 aromatic carbocycles. The molecule has 5 fully saturated rings. The maximum Gasteiger partial charge on any atom is 0.187 e. The van der Waals surface area contributed by atoms with Crippen LogP contribution in [0.1, 0.15) is 99.8 Å². The van der Waals surface area contributed by atoms with Gasteiger partial charge in [-0.1, -0.05) is 41.2 Å². The van der Waals surface area contributed by atoms with Gasteiger partial charge < -0.3 is 45.2 Å². The van der Waals surface area contributed by atoms with Crippen molar-refractivity contribution in [1.29, 1.82) is 0 Å². The zero-order chi connectivity index (χ0) is 35.1. The van der Waals surface area contributed by atoms with Crippen LogP contribution in [0.5, 0.6) is 0 Å². The zero-order valence-corrected chi connectivity index (χ0v) is 29.4. The number of hydrogen-bond donors (Lipinski definition) is 8. The van der Waals surface area contributed by atoms with Crippen molar-refractivity contribution in [2.75, 3.05) is 6.61 Å². The third-order valence-corrected chi connectivity index (χ3v) is 14.8. The van der Waals surface area contributed by atoms with Crippen molar-refractivity contribution in [2.45, 2.75) is 161 Å². The van der Waals surface area contributed by atoms with E-state index in [1.54, 1.807) is 6.92 Å². The Hall–Kier alpha value is -0.700. The zero-order valence-electron chi connectivity index (χ0n) is 29.4. The van der Waals surface area contributed by atoms with Crippen molar-refractivity contribution in [1.82, 2.24) is 0 Å². The number of aliphatic hydroxyl groups excluding tert-OH is 7. The molecule has 1 saturated heterocycles. The summed E-state index contributed by atoms with van der Waals surface area (Å²) in [5, 5.41) is 86.7. The van der Waals surface area contributed by atoms with Crippen LogP contribution < -0.4 is 0 Å². The molecule has 0 bridgehead atoms. The second-order valence-electron chi connectivity index (χ2n) is 17.6. The first-order valence-corrected chi connectivity index (χ1v) is 17.7. The molecule has 5 aliphatic rings. The molecule has 11 heteroatoms. The highest BCUT2D eigenvalue weighted by atomic mass is 17.1. The molecule has 4 saturated carbocycles. The fraction of sp³-hybridized carbons (Fsp3) is 0.944. The Kier molecular flexibility index (Phi) is 10.2. The summed E-state index contributed by atoms with van der Waals surface area (Å²) in [6.45, 7) is 17.9. The van der Waals surface area contributed by atoms with Crippen molar-refractivity contribution >= 4 is 0 Å². The average Bonchev–Trinajstić information content (AvgIpc) is 3.37. The van der Waals surface area contributed by atoms with Crippen molar-refractivity contribution in [3.8, 4) is 0 Å². The van der Waals surface area contributed by atoms with Crippen LogP contribution in [0.25, 0.3) is 0 Å². The van der Waals surface area contributed by atoms with E-state index in [2.05, 4.69) is 41.2 Å². The highest BCUT2D eigenvalue weighted by Crippen LogP contribution is 2.76. The van der Waals surface area contributed by atoms with Gasteiger partial charge in [0, 0.05) is 0 Å². The molecule has 4 aliphatic carbocycles. The minimum atomic E-state index is -1.61. The molecule has 0 aromatic heterocycles. The van der Waals surface area contributed by atoms with Crippen LogP contribution in [-0.4, -0.2) is 108 Å². The fourth-order valence-electron chi connectivity index (χ4n) is 12.2. The number of fused-ring (bicyclic) bond motifs is 5. The molecule has 8 N–H and O–H groups in total. The standard InChI is InChI=1S/C36H62O11/c1-18(2)22(47-44)10-14-36(8,46-31-29(43)28(42)27(41)23(17-37)45-31)19-9-13-34(6)26(19)20(38)15-24-33(5)12-11-25(40)32(3,4)30(33)21(39)16-35(24,34)7/h19-31,37-44H,1,9-17H2,2-8H3/t19-,20+,21-,22?,23+,24+,25-,26-,27+,28-,29+,30-,31-,33+,34+,35+,36-/m0/s1. The molecule has 0 spiro atoms. The van der Waals surface area contributed by atoms with E-state index in [0.717, 1.165) is 12.8 Å². The average molecular weight is 671 g/mol. The molecule has 1 unspecified atom stereocenters. The summed E-state index contributed by atoms with van der Waals surface area (Å²) in [5.41, 5.74) is -1.97. The Morgan fingerprint density at radius 3 is 2.19 bits per heavy atom. The minimum Gasteiger partial charge on any atom is -0.394 e. The van der Waals surface area contributed by atoms with Gasteiger partial charge in [-0.25, -0.2) is 4.89 Å². The van der Waals surface area contributed by atoms with E-state index in [9.17, 15) is 41.0 Å². The molecule has 1 heterocycles. The maximum atomic E-state index is 12.3. The van der Waals surface area contributed by atoms with Crippen LogP contribution in [0.4, 0.5) is 0 Å². The summed E-state index contributed by atoms with van der Waals surface area (Å²) in [6, 6.07) is 0. The second kappa shape index (κ2) is 12.8. The van der Waals surface area contributed by atoms with Crippen LogP contribution >= 0.6 is 0 Å². The quantitative estimate of drug-likeness (QED) is 0.102. The van der Waals surface area contributed by atoms with Crippen molar-refractivity contribution in [2.24, 2.45) is 45.3 Å². The molecule has 0 amide bonds. The van der Waals surface area contributed by atoms with E-state index in [-0.39, 0.29) is 34.5 Å². The monoisotopic (exact) mass is 670 g/mol. The molecule has 1 aliphatic heterocycles. The van der Waals surface area contributed by atoms with Gasteiger partial charge in [0.1, 0.15) is 30.5 Å². The molecular weight excluding hydrogens is 608 g/mol. The van der Waals surface area contributed by atoms with Crippen LogP contribution in [0.2, 0.25) is 0 Å². The van der Waals surface area contributed by atoms with E-state index in [0.29, 0.717) is 44.1 Å². The van der Waals surface area contributed by atoms with Crippen molar-refractivity contribution in [3.05, 3.63) is 12.2 Å². The van der Waals surface area contributed by atoms with Gasteiger partial charge >= 0.3 is 0 Å². The van der Waals surface area contributed by atoms with Gasteiger partial charge in [-0.15, -0.1) is 0 Å². The summed E-state index contributed by atoms with van der Waals surface area (Å²) in [6.07, 6.45) is -5.16. The summed E-state index contributed by atoms with van der Waals surface area (Å²) in [5.74, 6) is -0.520. The normalized spacial score (nSPS) is 51.3. The summed E-state index contributed by atoms with van der Waals surface area (Å²) in [4.78, 5) is 4.74. The van der Waals surface area contributed by atoms with Gasteiger partial charge in [-0.2, -0.15) is 0 Å². The predicted octanol–water partition coefficient (Wildman–Crippen LogP) is 2.76. The first kappa shape index (κ1) is 37.6. The van der Waals surface area contributed by atoms with Gasteiger partial charge in [0.15, 0.2) is 6.29 Å². The van der Waals surface area contributed by atoms with Gasteiger partial charge in [0.2, 0.25) is 0 Å². The Labute approximate surface area is 279 Å². The predicted molar refractivity (Wildman–Crippen MR) is 173 cm³/mol. The number of ether oxygens (including phenoxy) is 2. The van der Waals surface area contributed by atoms with Crippen LogP contribution in [-0.2, 0) is 14.4 Å². The Morgan fingerprint density at radius 2 is 1.60 bits per heavy atom. The number of rotatable bonds is 9. The fourth-order valence-corrected chi connectivity index (χ4v) is 12.2. The summed E-state index contributed by atoms with van der Waals surface area (Å²) in [7, 11) is 0. The smallest absolute Gasteiger partial charge is 0.187 e. The van der Waals surface area contributed by atoms with Crippen molar-refractivity contribution < 1.29 is 55.4 Å². The second-order valence-corrected chi connectivity index (χ2v) is 17.6. The van der Waals surface area contributed by atoms with Gasteiger partial charge in [0.05, 0.1) is 30.5 Å². The lowest BCUT2D eigenvalue weighted by Crippen LogP contribution is -2.70. The first-order valence-electron chi connectivity index (χ1n) is 17.7. The topological polar surface area (TPSA) is 190 Å². The Morgan fingerprint density at radius 1 is 0.936 bits per heavy atom. The van der Waals surface area contributed by atoms with Gasteiger partial charge in [0.25, 0.3) is 0 Å². The highest BCUT2D eigenvalue weighted by molar-refractivity contribution is 5.21. The molecule has 0 aromatic rings. The van der Waals surface area contributed by atoms with E-state index in [1.165, 1.54) is 0 Å². The lowest BCUT2D eigenvalue weighted by atomic mass is 9.34. The SMILES string of the molecule is C=C(C)C(CC[C@](C)(O[C@@H]1O[C@H](CO)[C@@H](O)[C@H](O)[C@H]1O)[C@H]1CC[C@]2(C)[C@@H]1[C@H](O)C[C@@H]1[C@@]3(C)CC[C@H](O)C(C)(C)[C@@H]3[C@@H](O)C[C@]12C)OO. The third-order valence-electron chi connectivity index (χ3n) is 14.8. The molecule has 17 atom stereocenters. The molecule has 0 radical (unpaired) electrons. The number of hydrogen-bond acceptors (Lipinski definition) is 11. The molecule has 272 valence electrons. The van der Waals surface area contributed by atoms with Crippen molar-refractivity contribution in [3.63, 3.8) is 0 Å². The van der Waals surface area contributed by atoms with Crippen LogP contribution in [0.3, 0.4) is 0 Å². The molecule has 47 heavy (non-hydrogen) atoms. The van der Waals surface area contributed by atoms with Gasteiger partial charge in [-0.05, 0) is 116 Å². The van der Waals surface area contributed by atoms with E-state index in [1.807, 2.05) is 6.92 Å². The molecular formula is C36H62O11. The number of aliphatic hydroxyl groups is 7. The van der Waals surface area contributed by atoms with E-state index >= 15 is 0 Å². The van der Waals surface area contributed by atoms with E-state index in [4.69, 9.17) is 14.4 Å². The summed E-state index contributed by atoms with van der Waals surface area (Å²) < 4.78 is 12.5. The van der Waals surface area contributed by atoms with Crippen LogP contribution in [0.15, 0.2) is 12.2 Å². The van der Waals surface area contributed by atoms with E-state index < -0.39 is 78.2 Å². The van der Waals surface area contributed by atoms with Crippen LogP contribution in [0, 0.1) is 45.3 Å². The Balaban J connectivity index is 1.52. The highest BCUT2D eigenvalue weighted by Gasteiger charge is 2.73. The molecule has 11 nitrogen and oxygen atoms in total. The Bertz CT molecular complexity index is 1150. The maximum absolute atomic E-state index is 12.3. The summed E-state index contributed by atoms with van der Waals surface area (Å²) >= 11 is 0. The lowest BCUT2D eigenvalue weighted by molar-refractivity contribution is -0.338. The first-order chi connectivity index (χ1) is 21.7. The molecule has 5 rings (SSSR count). The van der Waals surface area contributed by atoms with Gasteiger partial charge in [-0.3, -0.25) is 5.26 Å². The lowest BCUT2D eigenvalue weighted by Gasteiger charge is -2.71.